The number of benzene rings is 2. The van der Waals surface area contributed by atoms with Gasteiger partial charge < -0.3 is 10.1 Å². The van der Waals surface area contributed by atoms with Crippen molar-refractivity contribution >= 4 is 15.9 Å². The van der Waals surface area contributed by atoms with E-state index in [1.54, 1.807) is 19.1 Å². The summed E-state index contributed by atoms with van der Waals surface area (Å²) in [5.74, 6) is -0.532. The van der Waals surface area contributed by atoms with Crippen molar-refractivity contribution in [1.82, 2.24) is 9.62 Å². The number of rotatable bonds is 6. The summed E-state index contributed by atoms with van der Waals surface area (Å²) in [7, 11) is -2.27. The number of carbonyl (C=O) groups excluding carboxylic acids is 1. The molecule has 0 bridgehead atoms. The number of carbonyl (C=O) groups is 1. The van der Waals surface area contributed by atoms with Crippen molar-refractivity contribution in [2.24, 2.45) is 0 Å². The third kappa shape index (κ3) is 4.99. The Morgan fingerprint density at radius 1 is 1.07 bits per heavy atom. The Bertz CT molecular complexity index is 985. The smallest absolute Gasteiger partial charge is 0.255 e. The van der Waals surface area contributed by atoms with Gasteiger partial charge in [-0.1, -0.05) is 25.0 Å². The van der Waals surface area contributed by atoms with Gasteiger partial charge in [0.1, 0.15) is 11.6 Å². The summed E-state index contributed by atoms with van der Waals surface area (Å²) in [6.07, 6.45) is 3.70. The molecule has 0 aromatic heterocycles. The van der Waals surface area contributed by atoms with Gasteiger partial charge in [0, 0.05) is 13.1 Å². The summed E-state index contributed by atoms with van der Waals surface area (Å²) >= 11 is 0. The quantitative estimate of drug-likeness (QED) is 0.748. The number of ether oxygens (including phenoxy) is 1. The normalized spacial score (nSPS) is 16.5. The molecule has 1 atom stereocenters. The maximum Gasteiger partial charge on any atom is 0.255 e. The number of amides is 1. The van der Waals surface area contributed by atoms with Crippen LogP contribution in [-0.2, 0) is 10.0 Å². The lowest BCUT2D eigenvalue weighted by molar-refractivity contribution is 0.0936. The van der Waals surface area contributed by atoms with Gasteiger partial charge in [-0.3, -0.25) is 4.79 Å². The molecule has 6 nitrogen and oxygen atoms in total. The highest BCUT2D eigenvalue weighted by Crippen LogP contribution is 2.27. The van der Waals surface area contributed by atoms with Crippen LogP contribution in [-0.4, -0.2) is 38.8 Å². The van der Waals surface area contributed by atoms with E-state index in [0.717, 1.165) is 31.2 Å². The van der Waals surface area contributed by atoms with E-state index in [-0.39, 0.29) is 22.0 Å². The Balaban J connectivity index is 1.86. The molecule has 2 aromatic rings. The topological polar surface area (TPSA) is 75.7 Å². The van der Waals surface area contributed by atoms with E-state index in [4.69, 9.17) is 4.74 Å². The maximum atomic E-state index is 13.1. The molecule has 1 fully saturated rings. The number of hydrogen-bond acceptors (Lipinski definition) is 4. The Kier molecular flexibility index (Phi) is 7.10. The van der Waals surface area contributed by atoms with Crippen LogP contribution < -0.4 is 10.1 Å². The second-order valence-corrected chi connectivity index (χ2v) is 9.37. The van der Waals surface area contributed by atoms with E-state index in [0.29, 0.717) is 13.1 Å². The minimum absolute atomic E-state index is 0.0739. The first-order chi connectivity index (χ1) is 14.3. The third-order valence-corrected chi connectivity index (χ3v) is 7.23. The van der Waals surface area contributed by atoms with E-state index in [1.165, 1.54) is 41.7 Å². The van der Waals surface area contributed by atoms with Gasteiger partial charge in [0.25, 0.3) is 5.91 Å². The molecule has 1 aliphatic heterocycles. The van der Waals surface area contributed by atoms with Crippen LogP contribution in [0.4, 0.5) is 4.39 Å². The summed E-state index contributed by atoms with van der Waals surface area (Å²) in [5.41, 5.74) is 0.874. The summed E-state index contributed by atoms with van der Waals surface area (Å²) < 4.78 is 46.1. The van der Waals surface area contributed by atoms with Crippen LogP contribution in [0, 0.1) is 5.82 Å². The Labute approximate surface area is 177 Å². The highest BCUT2D eigenvalue weighted by molar-refractivity contribution is 7.89. The van der Waals surface area contributed by atoms with Gasteiger partial charge in [0.05, 0.1) is 23.6 Å². The van der Waals surface area contributed by atoms with E-state index in [9.17, 15) is 17.6 Å². The van der Waals surface area contributed by atoms with Crippen molar-refractivity contribution in [3.8, 4) is 5.75 Å². The molecule has 1 saturated heterocycles. The maximum absolute atomic E-state index is 13.1. The predicted molar refractivity (Wildman–Crippen MR) is 113 cm³/mol. The Morgan fingerprint density at radius 3 is 2.30 bits per heavy atom. The van der Waals surface area contributed by atoms with Gasteiger partial charge in [-0.2, -0.15) is 4.31 Å². The molecule has 8 heteroatoms. The molecule has 0 aliphatic carbocycles. The molecule has 1 N–H and O–H groups in total. The zero-order chi connectivity index (χ0) is 21.7. The average Bonchev–Trinajstić information content (AvgIpc) is 3.03. The lowest BCUT2D eigenvalue weighted by atomic mass is 10.1. The molecule has 30 heavy (non-hydrogen) atoms. The zero-order valence-electron chi connectivity index (χ0n) is 17.2. The molecule has 1 aliphatic rings. The van der Waals surface area contributed by atoms with Crippen LogP contribution in [0.25, 0.3) is 0 Å². The van der Waals surface area contributed by atoms with E-state index >= 15 is 0 Å². The molecular weight excluding hydrogens is 407 g/mol. The van der Waals surface area contributed by atoms with Gasteiger partial charge in [0.15, 0.2) is 0 Å². The highest BCUT2D eigenvalue weighted by Gasteiger charge is 2.27. The van der Waals surface area contributed by atoms with Crippen molar-refractivity contribution in [2.45, 2.75) is 43.5 Å². The lowest BCUT2D eigenvalue weighted by Crippen LogP contribution is -2.32. The van der Waals surface area contributed by atoms with Crippen LogP contribution in [0.15, 0.2) is 47.4 Å². The number of nitrogens with one attached hydrogen (secondary N) is 1. The Hall–Kier alpha value is -2.45. The molecule has 162 valence electrons. The fourth-order valence-corrected chi connectivity index (χ4v) is 5.11. The summed E-state index contributed by atoms with van der Waals surface area (Å²) in [6, 6.07) is 9.79. The second kappa shape index (κ2) is 9.57. The van der Waals surface area contributed by atoms with Crippen LogP contribution in [0.2, 0.25) is 0 Å². The van der Waals surface area contributed by atoms with Gasteiger partial charge in [-0.15, -0.1) is 0 Å². The highest BCUT2D eigenvalue weighted by atomic mass is 32.2. The summed E-state index contributed by atoms with van der Waals surface area (Å²) in [4.78, 5) is 13.0. The van der Waals surface area contributed by atoms with Crippen LogP contribution in [0.5, 0.6) is 5.75 Å². The van der Waals surface area contributed by atoms with Gasteiger partial charge in [-0.25, -0.2) is 12.8 Å². The largest absolute Gasteiger partial charge is 0.496 e. The first-order valence-corrected chi connectivity index (χ1v) is 11.5. The van der Waals surface area contributed by atoms with Crippen LogP contribution in [0.1, 0.15) is 54.6 Å². The van der Waals surface area contributed by atoms with E-state index < -0.39 is 22.0 Å². The fraction of sp³-hybridized carbons (Fsp3) is 0.409. The number of sulfonamides is 1. The molecule has 0 saturated carbocycles. The van der Waals surface area contributed by atoms with Crippen molar-refractivity contribution in [3.05, 3.63) is 59.4 Å². The van der Waals surface area contributed by atoms with E-state index in [1.807, 2.05) is 0 Å². The summed E-state index contributed by atoms with van der Waals surface area (Å²) in [6.45, 7) is 2.74. The van der Waals surface area contributed by atoms with E-state index in [2.05, 4.69) is 5.32 Å². The standard InChI is InChI=1S/C22H27FN2O4S/c1-16(17-7-9-18(23)10-8-17)24-22(26)20-15-19(11-12-21(20)29-2)30(27,28)25-13-5-3-4-6-14-25/h7-12,15-16H,3-6,13-14H2,1-2H3,(H,24,26)/t16-/m1/s1. The number of hydrogen-bond donors (Lipinski definition) is 1. The fourth-order valence-electron chi connectivity index (χ4n) is 3.57. The van der Waals surface area contributed by atoms with Gasteiger partial charge in [-0.05, 0) is 55.7 Å². The van der Waals surface area contributed by atoms with Crippen molar-refractivity contribution < 1.29 is 22.3 Å². The SMILES string of the molecule is COc1ccc(S(=O)(=O)N2CCCCCC2)cc1C(=O)N[C@H](C)c1ccc(F)cc1. The van der Waals surface area contributed by atoms with Gasteiger partial charge >= 0.3 is 0 Å². The molecule has 0 radical (unpaired) electrons. The lowest BCUT2D eigenvalue weighted by Gasteiger charge is -2.21. The number of methoxy groups -OCH3 is 1. The molecule has 2 aromatic carbocycles. The first-order valence-electron chi connectivity index (χ1n) is 10.1. The minimum Gasteiger partial charge on any atom is -0.496 e. The van der Waals surface area contributed by atoms with Crippen LogP contribution in [0.3, 0.4) is 0 Å². The molecule has 1 heterocycles. The second-order valence-electron chi connectivity index (χ2n) is 7.43. The zero-order valence-corrected chi connectivity index (χ0v) is 18.0. The van der Waals surface area contributed by atoms with Crippen molar-refractivity contribution in [2.75, 3.05) is 20.2 Å². The average molecular weight is 435 g/mol. The Morgan fingerprint density at radius 2 is 1.70 bits per heavy atom. The minimum atomic E-state index is -3.70. The monoisotopic (exact) mass is 434 g/mol. The molecule has 0 unspecified atom stereocenters. The number of halogens is 1. The molecular formula is C22H27FN2O4S. The first kappa shape index (κ1) is 22.2. The molecule has 0 spiro atoms. The van der Waals surface area contributed by atoms with Crippen molar-refractivity contribution in [3.63, 3.8) is 0 Å². The third-order valence-electron chi connectivity index (χ3n) is 5.34. The molecule has 3 rings (SSSR count). The summed E-state index contributed by atoms with van der Waals surface area (Å²) in [5, 5.41) is 2.83. The van der Waals surface area contributed by atoms with Gasteiger partial charge in [0.2, 0.25) is 10.0 Å². The van der Waals surface area contributed by atoms with Crippen molar-refractivity contribution in [1.29, 1.82) is 0 Å². The predicted octanol–water partition coefficient (Wildman–Crippen LogP) is 3.89. The molecule has 1 amide bonds. The van der Waals surface area contributed by atoms with Crippen LogP contribution >= 0.6 is 0 Å². The number of nitrogens with zero attached hydrogens (tertiary/aromatic N) is 1.